The molecule has 162 valence electrons. The Hall–Kier alpha value is -3.16. The molecule has 1 unspecified atom stereocenters. The van der Waals surface area contributed by atoms with Crippen molar-refractivity contribution in [2.45, 2.75) is 6.04 Å². The Balaban J connectivity index is 1.59. The first kappa shape index (κ1) is 21.1. The second-order valence-electron chi connectivity index (χ2n) is 7.62. The number of ether oxygens (including phenoxy) is 2. The number of nitrogens with zero attached hydrogens (tertiary/aromatic N) is 2. The lowest BCUT2D eigenvalue weighted by Gasteiger charge is -2.35. The molecule has 0 radical (unpaired) electrons. The van der Waals surface area contributed by atoms with Crippen LogP contribution in [0.15, 0.2) is 59.4 Å². The first-order chi connectivity index (χ1) is 15.1. The van der Waals surface area contributed by atoms with Crippen molar-refractivity contribution in [3.05, 3.63) is 76.1 Å². The number of hydrogen-bond donors (Lipinski definition) is 1. The maximum Gasteiger partial charge on any atom is 0.252 e. The van der Waals surface area contributed by atoms with Gasteiger partial charge in [-0.05, 0) is 23.8 Å². The Morgan fingerprint density at radius 3 is 2.55 bits per heavy atom. The maximum absolute atomic E-state index is 13.1. The summed E-state index contributed by atoms with van der Waals surface area (Å²) >= 11 is 0. The number of para-hydroxylation sites is 1. The van der Waals surface area contributed by atoms with Gasteiger partial charge in [0.15, 0.2) is 0 Å². The van der Waals surface area contributed by atoms with E-state index in [0.29, 0.717) is 25.3 Å². The molecule has 1 atom stereocenters. The summed E-state index contributed by atoms with van der Waals surface area (Å²) in [7, 11) is 3.35. The van der Waals surface area contributed by atoms with Gasteiger partial charge in [0.25, 0.3) is 11.5 Å². The molecule has 4 rings (SSSR count). The third-order valence-electron chi connectivity index (χ3n) is 5.84. The highest BCUT2D eigenvalue weighted by Gasteiger charge is 2.24. The number of hydrogen-bond acceptors (Lipinski definition) is 5. The molecule has 31 heavy (non-hydrogen) atoms. The van der Waals surface area contributed by atoms with E-state index in [2.05, 4.69) is 10.2 Å². The van der Waals surface area contributed by atoms with Crippen LogP contribution in [0.4, 0.5) is 0 Å². The van der Waals surface area contributed by atoms with E-state index in [1.54, 1.807) is 18.7 Å². The third kappa shape index (κ3) is 4.47. The molecule has 1 saturated heterocycles. The first-order valence-electron chi connectivity index (χ1n) is 10.4. The fraction of sp³-hybridized carbons (Fsp3) is 0.333. The predicted octanol–water partition coefficient (Wildman–Crippen LogP) is 2.35. The van der Waals surface area contributed by atoms with Crippen LogP contribution in [-0.4, -0.2) is 55.3 Å². The van der Waals surface area contributed by atoms with Gasteiger partial charge in [-0.1, -0.05) is 30.3 Å². The van der Waals surface area contributed by atoms with Crippen molar-refractivity contribution in [1.29, 1.82) is 0 Å². The van der Waals surface area contributed by atoms with Crippen LogP contribution in [0, 0.1) is 0 Å². The van der Waals surface area contributed by atoms with Gasteiger partial charge in [0.05, 0.1) is 37.4 Å². The van der Waals surface area contributed by atoms with Crippen LogP contribution in [0.2, 0.25) is 0 Å². The lowest BCUT2D eigenvalue weighted by molar-refractivity contribution is 0.0162. The van der Waals surface area contributed by atoms with E-state index in [-0.39, 0.29) is 17.5 Å². The van der Waals surface area contributed by atoms with Gasteiger partial charge >= 0.3 is 0 Å². The number of methoxy groups -OCH3 is 1. The second-order valence-corrected chi connectivity index (χ2v) is 7.62. The van der Waals surface area contributed by atoms with Crippen LogP contribution in [0.1, 0.15) is 22.0 Å². The van der Waals surface area contributed by atoms with E-state index >= 15 is 0 Å². The number of carbonyl (C=O) groups excluding carboxylic acids is 1. The zero-order valence-electron chi connectivity index (χ0n) is 17.8. The zero-order valence-corrected chi connectivity index (χ0v) is 17.8. The molecule has 1 amide bonds. The van der Waals surface area contributed by atoms with Crippen molar-refractivity contribution in [3.63, 3.8) is 0 Å². The topological polar surface area (TPSA) is 72.8 Å². The highest BCUT2D eigenvalue weighted by molar-refractivity contribution is 6.06. The van der Waals surface area contributed by atoms with Crippen molar-refractivity contribution in [1.82, 2.24) is 14.8 Å². The summed E-state index contributed by atoms with van der Waals surface area (Å²) < 4.78 is 12.3. The normalized spacial score (nSPS) is 15.5. The van der Waals surface area contributed by atoms with Crippen LogP contribution >= 0.6 is 0 Å². The first-order valence-corrected chi connectivity index (χ1v) is 10.4. The minimum absolute atomic E-state index is 0.00318. The highest BCUT2D eigenvalue weighted by Crippen LogP contribution is 2.24. The van der Waals surface area contributed by atoms with E-state index in [9.17, 15) is 9.59 Å². The van der Waals surface area contributed by atoms with Crippen LogP contribution < -0.4 is 15.6 Å². The van der Waals surface area contributed by atoms with Crippen LogP contribution in [0.3, 0.4) is 0 Å². The SMILES string of the molecule is COc1ccc(C(CNC(=O)c2cc(=O)n(C)c3ccccc23)N2CCOCC2)cc1. The van der Waals surface area contributed by atoms with Gasteiger partial charge < -0.3 is 19.4 Å². The summed E-state index contributed by atoms with van der Waals surface area (Å²) in [4.78, 5) is 27.8. The number of nitrogens with one attached hydrogen (secondary N) is 1. The Kier molecular flexibility index (Phi) is 6.34. The van der Waals surface area contributed by atoms with E-state index in [0.717, 1.165) is 35.3 Å². The van der Waals surface area contributed by atoms with Crippen molar-refractivity contribution in [3.8, 4) is 5.75 Å². The summed E-state index contributed by atoms with van der Waals surface area (Å²) in [5.74, 6) is 0.542. The van der Waals surface area contributed by atoms with Crippen molar-refractivity contribution in [2.75, 3.05) is 40.0 Å². The third-order valence-corrected chi connectivity index (χ3v) is 5.84. The number of aromatic nitrogens is 1. The molecule has 3 aromatic rings. The van der Waals surface area contributed by atoms with Crippen LogP contribution in [-0.2, 0) is 11.8 Å². The highest BCUT2D eigenvalue weighted by atomic mass is 16.5. The molecule has 1 aromatic heterocycles. The van der Waals surface area contributed by atoms with Crippen LogP contribution in [0.5, 0.6) is 5.75 Å². The van der Waals surface area contributed by atoms with E-state index in [1.807, 2.05) is 48.5 Å². The molecule has 1 aliphatic rings. The largest absolute Gasteiger partial charge is 0.497 e. The van der Waals surface area contributed by atoms with Gasteiger partial charge in [-0.25, -0.2) is 0 Å². The minimum atomic E-state index is -0.249. The Labute approximate surface area is 181 Å². The predicted molar refractivity (Wildman–Crippen MR) is 120 cm³/mol. The molecule has 7 nitrogen and oxygen atoms in total. The quantitative estimate of drug-likeness (QED) is 0.662. The lowest BCUT2D eigenvalue weighted by atomic mass is 10.0. The number of carbonyl (C=O) groups is 1. The number of benzene rings is 2. The number of rotatable bonds is 6. The molecule has 2 aromatic carbocycles. The van der Waals surface area contributed by atoms with Gasteiger partial charge in [0.2, 0.25) is 0 Å². The van der Waals surface area contributed by atoms with E-state index in [4.69, 9.17) is 9.47 Å². The average molecular weight is 421 g/mol. The van der Waals surface area contributed by atoms with Gasteiger partial charge in [-0.2, -0.15) is 0 Å². The van der Waals surface area contributed by atoms with Crippen molar-refractivity contribution >= 4 is 16.8 Å². The molecule has 0 saturated carbocycles. The Morgan fingerprint density at radius 1 is 1.13 bits per heavy atom. The van der Waals surface area contributed by atoms with E-state index < -0.39 is 0 Å². The molecule has 7 heteroatoms. The van der Waals surface area contributed by atoms with Gasteiger partial charge in [0, 0.05) is 38.1 Å². The second kappa shape index (κ2) is 9.32. The molecule has 0 aliphatic carbocycles. The van der Waals surface area contributed by atoms with Gasteiger partial charge in [-0.3, -0.25) is 14.5 Å². The molecular formula is C24H27N3O4. The van der Waals surface area contributed by atoms with Crippen molar-refractivity contribution < 1.29 is 14.3 Å². The Morgan fingerprint density at radius 2 is 1.84 bits per heavy atom. The number of pyridine rings is 1. The Bertz CT molecular complexity index is 1120. The molecule has 0 bridgehead atoms. The molecule has 1 fully saturated rings. The zero-order chi connectivity index (χ0) is 21.8. The molecule has 1 N–H and O–H groups in total. The summed E-state index contributed by atoms with van der Waals surface area (Å²) in [5, 5.41) is 3.82. The molecular weight excluding hydrogens is 394 g/mol. The summed E-state index contributed by atoms with van der Waals surface area (Å²) in [6, 6.07) is 16.8. The van der Waals surface area contributed by atoms with Gasteiger partial charge in [0.1, 0.15) is 5.75 Å². The van der Waals surface area contributed by atoms with E-state index in [1.165, 1.54) is 6.07 Å². The molecule has 0 spiro atoms. The smallest absolute Gasteiger partial charge is 0.252 e. The standard InChI is InChI=1S/C24H27N3O4/c1-26-21-6-4-3-5-19(21)20(15-23(26)28)24(29)25-16-22(27-11-13-31-14-12-27)17-7-9-18(30-2)10-8-17/h3-10,15,22H,11-14,16H2,1-2H3,(H,25,29). The maximum atomic E-state index is 13.1. The number of fused-ring (bicyclic) bond motifs is 1. The van der Waals surface area contributed by atoms with Crippen molar-refractivity contribution in [2.24, 2.45) is 7.05 Å². The number of aryl methyl sites for hydroxylation is 1. The number of morpholine rings is 1. The monoisotopic (exact) mass is 421 g/mol. The average Bonchev–Trinajstić information content (AvgIpc) is 2.82. The molecule has 1 aliphatic heterocycles. The minimum Gasteiger partial charge on any atom is -0.497 e. The summed E-state index contributed by atoms with van der Waals surface area (Å²) in [6.45, 7) is 3.34. The fourth-order valence-corrected chi connectivity index (χ4v) is 4.06. The lowest BCUT2D eigenvalue weighted by Crippen LogP contribution is -2.44. The summed E-state index contributed by atoms with van der Waals surface area (Å²) in [6.07, 6.45) is 0. The number of amides is 1. The molecule has 2 heterocycles. The summed E-state index contributed by atoms with van der Waals surface area (Å²) in [5.41, 5.74) is 2.02. The van der Waals surface area contributed by atoms with Gasteiger partial charge in [-0.15, -0.1) is 0 Å². The van der Waals surface area contributed by atoms with Crippen LogP contribution in [0.25, 0.3) is 10.9 Å². The fourth-order valence-electron chi connectivity index (χ4n) is 4.06.